The number of benzene rings is 1. The van der Waals surface area contributed by atoms with Crippen LogP contribution in [-0.4, -0.2) is 32.0 Å². The summed E-state index contributed by atoms with van der Waals surface area (Å²) in [7, 11) is 3.13. The summed E-state index contributed by atoms with van der Waals surface area (Å²) in [6.07, 6.45) is 4.52. The molecule has 20 heavy (non-hydrogen) atoms. The molecule has 4 nitrogen and oxygen atoms in total. The fourth-order valence-corrected chi connectivity index (χ4v) is 2.25. The average Bonchev–Trinajstić information content (AvgIpc) is 2.49. The van der Waals surface area contributed by atoms with Crippen molar-refractivity contribution in [3.8, 4) is 11.5 Å². The average molecular weight is 344 g/mol. The van der Waals surface area contributed by atoms with Gasteiger partial charge in [-0.25, -0.2) is 0 Å². The zero-order valence-corrected chi connectivity index (χ0v) is 13.7. The second-order valence-corrected chi connectivity index (χ2v) is 5.22. The quantitative estimate of drug-likeness (QED) is 0.552. The molecule has 1 rings (SSSR count). The number of hydrogen-bond donors (Lipinski definition) is 1. The first-order chi connectivity index (χ1) is 9.72. The summed E-state index contributed by atoms with van der Waals surface area (Å²) in [6.45, 7) is 0.704. The zero-order valence-electron chi connectivity index (χ0n) is 12.1. The molecule has 1 aromatic carbocycles. The van der Waals surface area contributed by atoms with E-state index in [-0.39, 0.29) is 5.91 Å². The lowest BCUT2D eigenvalue weighted by Gasteiger charge is -2.10. The Bertz CT molecular complexity index is 424. The molecule has 0 aliphatic heterocycles. The van der Waals surface area contributed by atoms with Crippen LogP contribution in [0.15, 0.2) is 18.2 Å². The van der Waals surface area contributed by atoms with Gasteiger partial charge in [-0.15, -0.1) is 0 Å². The third kappa shape index (κ3) is 5.41. The smallest absolute Gasteiger partial charge is 0.251 e. The van der Waals surface area contributed by atoms with Gasteiger partial charge in [0.05, 0.1) is 14.2 Å². The summed E-state index contributed by atoms with van der Waals surface area (Å²) < 4.78 is 10.3. The van der Waals surface area contributed by atoms with Gasteiger partial charge in [0.15, 0.2) is 11.5 Å². The molecule has 0 spiro atoms. The van der Waals surface area contributed by atoms with Crippen LogP contribution in [0.3, 0.4) is 0 Å². The van der Waals surface area contributed by atoms with Gasteiger partial charge >= 0.3 is 0 Å². The van der Waals surface area contributed by atoms with E-state index in [1.165, 1.54) is 12.8 Å². The second kappa shape index (κ2) is 9.64. The molecule has 112 valence electrons. The van der Waals surface area contributed by atoms with Gasteiger partial charge < -0.3 is 14.8 Å². The van der Waals surface area contributed by atoms with E-state index in [9.17, 15) is 4.79 Å². The number of ether oxygens (including phenoxy) is 2. The number of halogens is 1. The SMILES string of the molecule is COc1ccc(C(=O)NCCCCCCBr)cc1OC. The lowest BCUT2D eigenvalue weighted by Crippen LogP contribution is -2.24. The van der Waals surface area contributed by atoms with Crippen LogP contribution in [-0.2, 0) is 0 Å². The predicted molar refractivity (Wildman–Crippen MR) is 84.1 cm³/mol. The fourth-order valence-electron chi connectivity index (χ4n) is 1.85. The van der Waals surface area contributed by atoms with E-state index in [0.29, 0.717) is 23.6 Å². The number of unbranched alkanes of at least 4 members (excludes halogenated alkanes) is 3. The van der Waals surface area contributed by atoms with Crippen molar-refractivity contribution in [1.82, 2.24) is 5.32 Å². The molecule has 0 unspecified atom stereocenters. The first-order valence-electron chi connectivity index (χ1n) is 6.79. The van der Waals surface area contributed by atoms with Gasteiger partial charge in [-0.1, -0.05) is 28.8 Å². The fraction of sp³-hybridized carbons (Fsp3) is 0.533. The number of carbonyl (C=O) groups is 1. The highest BCUT2D eigenvalue weighted by molar-refractivity contribution is 9.09. The van der Waals surface area contributed by atoms with E-state index >= 15 is 0 Å². The minimum Gasteiger partial charge on any atom is -0.493 e. The molecule has 1 N–H and O–H groups in total. The Morgan fingerprint density at radius 2 is 1.80 bits per heavy atom. The van der Waals surface area contributed by atoms with E-state index < -0.39 is 0 Å². The number of methoxy groups -OCH3 is 2. The maximum Gasteiger partial charge on any atom is 0.251 e. The molecule has 0 aliphatic rings. The van der Waals surface area contributed by atoms with Gasteiger partial charge in [0.1, 0.15) is 0 Å². The molecule has 0 aliphatic carbocycles. The molecule has 0 heterocycles. The molecule has 1 amide bonds. The van der Waals surface area contributed by atoms with Gasteiger partial charge in [0, 0.05) is 17.4 Å². The second-order valence-electron chi connectivity index (χ2n) is 4.43. The summed E-state index contributed by atoms with van der Waals surface area (Å²) in [4.78, 5) is 12.0. The van der Waals surface area contributed by atoms with Crippen molar-refractivity contribution >= 4 is 21.8 Å². The maximum absolute atomic E-state index is 12.0. The van der Waals surface area contributed by atoms with Crippen LogP contribution < -0.4 is 14.8 Å². The van der Waals surface area contributed by atoms with Gasteiger partial charge in [-0.2, -0.15) is 0 Å². The van der Waals surface area contributed by atoms with Gasteiger partial charge in [0.2, 0.25) is 0 Å². The molecular formula is C15H22BrNO3. The van der Waals surface area contributed by atoms with Crippen LogP contribution in [0.2, 0.25) is 0 Å². The number of rotatable bonds is 9. The summed E-state index contributed by atoms with van der Waals surface area (Å²) in [5.74, 6) is 1.11. The topological polar surface area (TPSA) is 47.6 Å². The van der Waals surface area contributed by atoms with Crippen molar-refractivity contribution in [1.29, 1.82) is 0 Å². The predicted octanol–water partition coefficient (Wildman–Crippen LogP) is 3.39. The van der Waals surface area contributed by atoms with Crippen LogP contribution in [0.25, 0.3) is 0 Å². The van der Waals surface area contributed by atoms with Crippen molar-refractivity contribution in [3.63, 3.8) is 0 Å². The molecule has 0 bridgehead atoms. The van der Waals surface area contributed by atoms with Crippen LogP contribution in [0, 0.1) is 0 Å². The molecule has 0 radical (unpaired) electrons. The van der Waals surface area contributed by atoms with Crippen molar-refractivity contribution < 1.29 is 14.3 Å². The highest BCUT2D eigenvalue weighted by Gasteiger charge is 2.09. The molecule has 5 heteroatoms. The van der Waals surface area contributed by atoms with Crippen molar-refractivity contribution in [2.45, 2.75) is 25.7 Å². The largest absolute Gasteiger partial charge is 0.493 e. The maximum atomic E-state index is 12.0. The van der Waals surface area contributed by atoms with Crippen molar-refractivity contribution in [2.75, 3.05) is 26.1 Å². The molecule has 0 saturated heterocycles. The van der Waals surface area contributed by atoms with E-state index in [4.69, 9.17) is 9.47 Å². The normalized spacial score (nSPS) is 10.2. The van der Waals surface area contributed by atoms with Crippen LogP contribution >= 0.6 is 15.9 Å². The Morgan fingerprint density at radius 3 is 2.45 bits per heavy atom. The van der Waals surface area contributed by atoms with Crippen molar-refractivity contribution in [2.24, 2.45) is 0 Å². The molecule has 1 aromatic rings. The minimum atomic E-state index is -0.0774. The van der Waals surface area contributed by atoms with Crippen molar-refractivity contribution in [3.05, 3.63) is 23.8 Å². The first kappa shape index (κ1) is 16.8. The molecule has 0 aromatic heterocycles. The Kier molecular flexibility index (Phi) is 8.11. The lowest BCUT2D eigenvalue weighted by atomic mass is 10.1. The Morgan fingerprint density at radius 1 is 1.10 bits per heavy atom. The molecule has 0 fully saturated rings. The number of hydrogen-bond acceptors (Lipinski definition) is 3. The lowest BCUT2D eigenvalue weighted by molar-refractivity contribution is 0.0952. The van der Waals surface area contributed by atoms with E-state index in [0.717, 1.165) is 18.2 Å². The number of amides is 1. The van der Waals surface area contributed by atoms with E-state index in [2.05, 4.69) is 21.2 Å². The third-order valence-corrected chi connectivity index (χ3v) is 3.55. The minimum absolute atomic E-state index is 0.0774. The number of carbonyl (C=O) groups excluding carboxylic acids is 1. The van der Waals surface area contributed by atoms with Crippen LogP contribution in [0.5, 0.6) is 11.5 Å². The molecule has 0 saturated carbocycles. The summed E-state index contributed by atoms with van der Waals surface area (Å²) in [5.41, 5.74) is 0.586. The monoisotopic (exact) mass is 343 g/mol. The Hall–Kier alpha value is -1.23. The summed E-state index contributed by atoms with van der Waals surface area (Å²) >= 11 is 3.41. The molecular weight excluding hydrogens is 322 g/mol. The standard InChI is InChI=1S/C15H22BrNO3/c1-19-13-8-7-12(11-14(13)20-2)15(18)17-10-6-4-3-5-9-16/h7-8,11H,3-6,9-10H2,1-2H3,(H,17,18). The summed E-state index contributed by atoms with van der Waals surface area (Å²) in [6, 6.07) is 5.17. The van der Waals surface area contributed by atoms with Crippen LogP contribution in [0.4, 0.5) is 0 Å². The van der Waals surface area contributed by atoms with Gasteiger partial charge in [-0.3, -0.25) is 4.79 Å². The first-order valence-corrected chi connectivity index (χ1v) is 7.91. The summed E-state index contributed by atoms with van der Waals surface area (Å²) in [5, 5.41) is 3.96. The number of nitrogens with one attached hydrogen (secondary N) is 1. The highest BCUT2D eigenvalue weighted by atomic mass is 79.9. The Labute approximate surface area is 129 Å². The van der Waals surface area contributed by atoms with Gasteiger partial charge in [0.25, 0.3) is 5.91 Å². The Balaban J connectivity index is 2.43. The van der Waals surface area contributed by atoms with Crippen LogP contribution in [0.1, 0.15) is 36.0 Å². The van der Waals surface area contributed by atoms with E-state index in [1.54, 1.807) is 32.4 Å². The highest BCUT2D eigenvalue weighted by Crippen LogP contribution is 2.27. The van der Waals surface area contributed by atoms with Gasteiger partial charge in [-0.05, 0) is 31.0 Å². The van der Waals surface area contributed by atoms with E-state index in [1.807, 2.05) is 0 Å². The zero-order chi connectivity index (χ0) is 14.8. The number of alkyl halides is 1. The molecule has 0 atom stereocenters. The third-order valence-electron chi connectivity index (χ3n) is 2.99.